The number of piperazine rings is 1. The topological polar surface area (TPSA) is 110 Å². The summed E-state index contributed by atoms with van der Waals surface area (Å²) in [6.07, 6.45) is 3.52. The average molecular weight is 443 g/mol. The van der Waals surface area contributed by atoms with Crippen molar-refractivity contribution in [3.8, 4) is 5.82 Å². The van der Waals surface area contributed by atoms with Crippen LogP contribution in [0.25, 0.3) is 16.9 Å². The van der Waals surface area contributed by atoms with Crippen LogP contribution in [-0.4, -0.2) is 67.4 Å². The smallest absolute Gasteiger partial charge is 0.245 e. The molecule has 0 amide bonds. The van der Waals surface area contributed by atoms with Crippen LogP contribution in [0, 0.1) is 6.92 Å². The summed E-state index contributed by atoms with van der Waals surface area (Å²) >= 11 is 1.02. The number of aromatic nitrogens is 6. The van der Waals surface area contributed by atoms with Crippen LogP contribution >= 0.6 is 11.7 Å². The maximum atomic E-state index is 13.2. The van der Waals surface area contributed by atoms with E-state index in [-0.39, 0.29) is 4.90 Å². The van der Waals surface area contributed by atoms with Crippen LogP contribution in [0.1, 0.15) is 5.82 Å². The minimum Gasteiger partial charge on any atom is -0.354 e. The SMILES string of the molecule is Cc1nc(N2CCN(S(=O)(=O)c3cccc4nsnc34)CC2)cc(-n2cccn2)n1. The summed E-state index contributed by atoms with van der Waals surface area (Å²) in [5, 5.41) is 4.22. The summed E-state index contributed by atoms with van der Waals surface area (Å²) in [4.78, 5) is 11.2. The van der Waals surface area contributed by atoms with Crippen molar-refractivity contribution in [1.82, 2.24) is 32.8 Å². The van der Waals surface area contributed by atoms with E-state index in [0.717, 1.165) is 17.5 Å². The molecule has 5 rings (SSSR count). The van der Waals surface area contributed by atoms with Crippen LogP contribution in [0.5, 0.6) is 0 Å². The maximum Gasteiger partial charge on any atom is 0.245 e. The van der Waals surface area contributed by atoms with Crippen molar-refractivity contribution in [2.75, 3.05) is 31.1 Å². The fraction of sp³-hybridized carbons (Fsp3) is 0.278. The van der Waals surface area contributed by atoms with Crippen molar-refractivity contribution >= 4 is 38.6 Å². The highest BCUT2D eigenvalue weighted by molar-refractivity contribution is 7.89. The summed E-state index contributed by atoms with van der Waals surface area (Å²) in [5.41, 5.74) is 1.03. The minimum atomic E-state index is -3.65. The first kappa shape index (κ1) is 19.0. The van der Waals surface area contributed by atoms with Gasteiger partial charge < -0.3 is 4.90 Å². The molecule has 154 valence electrons. The van der Waals surface area contributed by atoms with E-state index in [1.807, 2.05) is 25.3 Å². The molecule has 30 heavy (non-hydrogen) atoms. The molecule has 0 saturated carbocycles. The normalized spacial score (nSPS) is 15.7. The number of sulfonamides is 1. The molecule has 1 fully saturated rings. The lowest BCUT2D eigenvalue weighted by atomic mass is 10.3. The number of nitrogens with zero attached hydrogens (tertiary/aromatic N) is 8. The molecule has 12 heteroatoms. The third-order valence-corrected chi connectivity index (χ3v) is 7.45. The first-order valence-corrected chi connectivity index (χ1v) is 11.5. The van der Waals surface area contributed by atoms with E-state index in [2.05, 4.69) is 28.7 Å². The molecule has 0 bridgehead atoms. The largest absolute Gasteiger partial charge is 0.354 e. The monoisotopic (exact) mass is 442 g/mol. The number of hydrogen-bond donors (Lipinski definition) is 0. The zero-order chi connectivity index (χ0) is 20.7. The van der Waals surface area contributed by atoms with Gasteiger partial charge >= 0.3 is 0 Å². The van der Waals surface area contributed by atoms with Crippen LogP contribution < -0.4 is 4.90 Å². The summed E-state index contributed by atoms with van der Waals surface area (Å²) in [6, 6.07) is 8.76. The molecular weight excluding hydrogens is 424 g/mol. The van der Waals surface area contributed by atoms with Gasteiger partial charge in [-0.1, -0.05) is 6.07 Å². The van der Waals surface area contributed by atoms with Crippen molar-refractivity contribution in [3.05, 3.63) is 48.5 Å². The van der Waals surface area contributed by atoms with E-state index >= 15 is 0 Å². The number of fused-ring (bicyclic) bond motifs is 1. The Morgan fingerprint density at radius 3 is 2.57 bits per heavy atom. The first-order chi connectivity index (χ1) is 14.5. The first-order valence-electron chi connectivity index (χ1n) is 9.34. The molecule has 0 atom stereocenters. The van der Waals surface area contributed by atoms with Crippen LogP contribution in [-0.2, 0) is 10.0 Å². The second-order valence-corrected chi connectivity index (χ2v) is 9.30. The van der Waals surface area contributed by atoms with Gasteiger partial charge in [0.05, 0.1) is 11.7 Å². The molecule has 0 aliphatic carbocycles. The molecule has 1 saturated heterocycles. The van der Waals surface area contributed by atoms with Gasteiger partial charge in [-0.15, -0.1) is 0 Å². The van der Waals surface area contributed by atoms with E-state index < -0.39 is 10.0 Å². The number of benzene rings is 1. The van der Waals surface area contributed by atoms with Crippen LogP contribution in [0.3, 0.4) is 0 Å². The quantitative estimate of drug-likeness (QED) is 0.467. The molecule has 0 spiro atoms. The molecule has 4 heterocycles. The van der Waals surface area contributed by atoms with Gasteiger partial charge in [0.15, 0.2) is 5.82 Å². The lowest BCUT2D eigenvalue weighted by molar-refractivity contribution is 0.384. The van der Waals surface area contributed by atoms with E-state index in [1.165, 1.54) is 4.31 Å². The number of anilines is 1. The van der Waals surface area contributed by atoms with Gasteiger partial charge in [-0.25, -0.2) is 23.1 Å². The molecule has 1 aliphatic rings. The second kappa shape index (κ2) is 7.38. The van der Waals surface area contributed by atoms with E-state index in [1.54, 1.807) is 29.1 Å². The molecule has 10 nitrogen and oxygen atoms in total. The highest BCUT2D eigenvalue weighted by Crippen LogP contribution is 2.26. The molecule has 0 radical (unpaired) electrons. The van der Waals surface area contributed by atoms with Gasteiger partial charge in [-0.05, 0) is 25.1 Å². The molecule has 1 aliphatic heterocycles. The molecule has 0 unspecified atom stereocenters. The van der Waals surface area contributed by atoms with Gasteiger partial charge in [0.25, 0.3) is 0 Å². The van der Waals surface area contributed by atoms with Crippen molar-refractivity contribution in [3.63, 3.8) is 0 Å². The third-order valence-electron chi connectivity index (χ3n) is 4.98. The lowest BCUT2D eigenvalue weighted by Crippen LogP contribution is -2.49. The van der Waals surface area contributed by atoms with E-state index in [9.17, 15) is 8.42 Å². The third kappa shape index (κ3) is 3.32. The molecule has 0 N–H and O–H groups in total. The fourth-order valence-corrected chi connectivity index (χ4v) is 5.68. The van der Waals surface area contributed by atoms with Gasteiger partial charge in [-0.3, -0.25) is 0 Å². The van der Waals surface area contributed by atoms with E-state index in [4.69, 9.17) is 0 Å². The fourth-order valence-electron chi connectivity index (χ4n) is 3.51. The van der Waals surface area contributed by atoms with Crippen LogP contribution in [0.15, 0.2) is 47.6 Å². The Labute approximate surface area is 177 Å². The van der Waals surface area contributed by atoms with Crippen LogP contribution in [0.2, 0.25) is 0 Å². The van der Waals surface area contributed by atoms with Crippen LogP contribution in [0.4, 0.5) is 5.82 Å². The predicted molar refractivity (Wildman–Crippen MR) is 112 cm³/mol. The number of aryl methyl sites for hydroxylation is 1. The molecule has 1 aromatic carbocycles. The Kier molecular flexibility index (Phi) is 4.68. The second-order valence-electron chi connectivity index (χ2n) is 6.86. The average Bonchev–Trinajstić information content (AvgIpc) is 3.45. The zero-order valence-electron chi connectivity index (χ0n) is 16.1. The lowest BCUT2D eigenvalue weighted by Gasteiger charge is -2.34. The Bertz CT molecular complexity index is 1290. The molecule has 4 aromatic rings. The Hall–Kier alpha value is -2.96. The molecular formula is C18H18N8O2S2. The van der Waals surface area contributed by atoms with E-state index in [0.29, 0.717) is 48.9 Å². The van der Waals surface area contributed by atoms with Gasteiger partial charge in [-0.2, -0.15) is 18.2 Å². The zero-order valence-corrected chi connectivity index (χ0v) is 17.7. The standard InChI is InChI=1S/C18H18N8O2S2/c1-13-20-16(12-17(21-13)26-7-3-6-19-26)24-8-10-25(11-9-24)30(27,28)15-5-2-4-14-18(15)23-29-22-14/h2-7,12H,8-11H2,1H3. The summed E-state index contributed by atoms with van der Waals surface area (Å²) < 4.78 is 37.9. The summed E-state index contributed by atoms with van der Waals surface area (Å²) in [7, 11) is -3.65. The Morgan fingerprint density at radius 1 is 1.00 bits per heavy atom. The highest BCUT2D eigenvalue weighted by atomic mass is 32.2. The van der Waals surface area contributed by atoms with Crippen molar-refractivity contribution in [2.24, 2.45) is 0 Å². The summed E-state index contributed by atoms with van der Waals surface area (Å²) in [6.45, 7) is 3.60. The van der Waals surface area contributed by atoms with Gasteiger partial charge in [0.1, 0.15) is 27.6 Å². The predicted octanol–water partition coefficient (Wildman–Crippen LogP) is 1.49. The van der Waals surface area contributed by atoms with Crippen molar-refractivity contribution in [1.29, 1.82) is 0 Å². The van der Waals surface area contributed by atoms with Gasteiger partial charge in [0, 0.05) is 44.6 Å². The summed E-state index contributed by atoms with van der Waals surface area (Å²) in [5.74, 6) is 2.08. The highest BCUT2D eigenvalue weighted by Gasteiger charge is 2.31. The van der Waals surface area contributed by atoms with Crippen molar-refractivity contribution < 1.29 is 8.42 Å². The maximum absolute atomic E-state index is 13.2. The molecule has 3 aromatic heterocycles. The minimum absolute atomic E-state index is 0.209. The Morgan fingerprint density at radius 2 is 1.80 bits per heavy atom. The van der Waals surface area contributed by atoms with Crippen molar-refractivity contribution in [2.45, 2.75) is 11.8 Å². The number of hydrogen-bond acceptors (Lipinski definition) is 9. The number of rotatable bonds is 4. The Balaban J connectivity index is 1.37. The van der Waals surface area contributed by atoms with Gasteiger partial charge in [0.2, 0.25) is 10.0 Å².